The lowest BCUT2D eigenvalue weighted by Crippen LogP contribution is -2.40. The Labute approximate surface area is 216 Å². The van der Waals surface area contributed by atoms with E-state index in [0.717, 1.165) is 34.9 Å². The molecule has 1 amide bonds. The molecule has 0 spiro atoms. The molecule has 0 saturated carbocycles. The molecule has 8 nitrogen and oxygen atoms in total. The zero-order valence-corrected chi connectivity index (χ0v) is 21.4. The zero-order chi connectivity index (χ0) is 26.0. The van der Waals surface area contributed by atoms with E-state index in [1.165, 1.54) is 0 Å². The monoisotopic (exact) mass is 494 g/mol. The molecule has 1 fully saturated rings. The Morgan fingerprint density at radius 2 is 1.89 bits per heavy atom. The number of nitriles is 1. The van der Waals surface area contributed by atoms with Crippen molar-refractivity contribution in [3.8, 4) is 17.5 Å². The van der Waals surface area contributed by atoms with Crippen LogP contribution in [0, 0.1) is 11.3 Å². The van der Waals surface area contributed by atoms with Crippen molar-refractivity contribution in [2.45, 2.75) is 44.6 Å². The lowest BCUT2D eigenvalue weighted by atomic mass is 9.86. The van der Waals surface area contributed by atoms with Gasteiger partial charge in [0.1, 0.15) is 11.5 Å². The van der Waals surface area contributed by atoms with Crippen LogP contribution in [0.15, 0.2) is 54.9 Å². The van der Waals surface area contributed by atoms with E-state index in [0.29, 0.717) is 42.5 Å². The maximum atomic E-state index is 13.1. The van der Waals surface area contributed by atoms with Crippen LogP contribution in [-0.2, 0) is 16.6 Å². The number of H-pyrrole nitrogens is 1. The Kier molecular flexibility index (Phi) is 6.72. The fourth-order valence-corrected chi connectivity index (χ4v) is 4.67. The number of rotatable bonds is 6. The molecular formula is C29H30N6O2. The number of benzene rings is 1. The van der Waals surface area contributed by atoms with Gasteiger partial charge in [-0.1, -0.05) is 6.07 Å². The molecule has 0 unspecified atom stereocenters. The number of carbonyl (C=O) groups is 1. The minimum atomic E-state index is -0.612. The third-order valence-electron chi connectivity index (χ3n) is 7.07. The van der Waals surface area contributed by atoms with Gasteiger partial charge < -0.3 is 14.6 Å². The van der Waals surface area contributed by atoms with Gasteiger partial charge in [0.25, 0.3) is 5.91 Å². The van der Waals surface area contributed by atoms with E-state index < -0.39 is 5.41 Å². The van der Waals surface area contributed by atoms with Gasteiger partial charge in [0.2, 0.25) is 0 Å². The predicted octanol–water partition coefficient (Wildman–Crippen LogP) is 4.66. The van der Waals surface area contributed by atoms with Crippen molar-refractivity contribution in [1.29, 1.82) is 5.26 Å². The summed E-state index contributed by atoms with van der Waals surface area (Å²) >= 11 is 0. The Morgan fingerprint density at radius 1 is 1.11 bits per heavy atom. The summed E-state index contributed by atoms with van der Waals surface area (Å²) in [6.45, 7) is 5.16. The van der Waals surface area contributed by atoms with Crippen LogP contribution in [0.4, 0.5) is 0 Å². The first kappa shape index (κ1) is 24.6. The molecule has 1 aliphatic heterocycles. The lowest BCUT2D eigenvalue weighted by Gasteiger charge is -2.30. The first-order valence-corrected chi connectivity index (χ1v) is 12.5. The van der Waals surface area contributed by atoms with Gasteiger partial charge in [0.15, 0.2) is 0 Å². The fraction of sp³-hybridized carbons (Fsp3) is 0.345. The van der Waals surface area contributed by atoms with Crippen molar-refractivity contribution < 1.29 is 9.53 Å². The third kappa shape index (κ3) is 5.23. The molecule has 1 aromatic carbocycles. The number of pyridine rings is 1. The van der Waals surface area contributed by atoms with Crippen molar-refractivity contribution >= 4 is 16.8 Å². The number of aromatic nitrogens is 4. The molecule has 1 saturated heterocycles. The third-order valence-corrected chi connectivity index (χ3v) is 7.07. The first-order chi connectivity index (χ1) is 17.8. The van der Waals surface area contributed by atoms with E-state index in [4.69, 9.17) is 9.72 Å². The normalized spacial score (nSPS) is 14.4. The van der Waals surface area contributed by atoms with Crippen molar-refractivity contribution in [3.63, 3.8) is 0 Å². The molecule has 8 heteroatoms. The van der Waals surface area contributed by atoms with Gasteiger partial charge in [-0.05, 0) is 74.2 Å². The number of carbonyl (C=O) groups excluding carboxylic acids is 1. The van der Waals surface area contributed by atoms with Gasteiger partial charge in [0, 0.05) is 56.0 Å². The van der Waals surface area contributed by atoms with E-state index in [1.54, 1.807) is 12.4 Å². The SMILES string of the molecule is CN(C(=O)c1cc2cc(Cc3nccc(-c4cc(C(C)(C)C#N)ccn4)n3)ccc2[nH]1)C1CCOCC1. The highest BCUT2D eigenvalue weighted by Crippen LogP contribution is 2.26. The van der Waals surface area contributed by atoms with Crippen molar-refractivity contribution in [2.75, 3.05) is 20.3 Å². The smallest absolute Gasteiger partial charge is 0.270 e. The molecule has 0 atom stereocenters. The van der Waals surface area contributed by atoms with Gasteiger partial charge in [-0.25, -0.2) is 9.97 Å². The summed E-state index contributed by atoms with van der Waals surface area (Å²) in [6.07, 6.45) is 5.72. The number of nitrogens with zero attached hydrogens (tertiary/aromatic N) is 5. The summed E-state index contributed by atoms with van der Waals surface area (Å²) in [6, 6.07) is 16.2. The standard InChI is InChI=1S/C29H30N6O2/c1-29(2,18-30)21-6-10-31-25(17-21)24-7-11-32-27(34-24)15-19-4-5-23-20(14-19)16-26(33-23)28(36)35(3)22-8-12-37-13-9-22/h4-7,10-11,14,16-17,22,33H,8-9,12-13,15H2,1-3H3. The van der Waals surface area contributed by atoms with Crippen LogP contribution >= 0.6 is 0 Å². The highest BCUT2D eigenvalue weighted by atomic mass is 16.5. The lowest BCUT2D eigenvalue weighted by molar-refractivity contribution is 0.0359. The van der Waals surface area contributed by atoms with Crippen LogP contribution < -0.4 is 0 Å². The van der Waals surface area contributed by atoms with Crippen LogP contribution in [0.5, 0.6) is 0 Å². The molecule has 4 aromatic rings. The maximum absolute atomic E-state index is 13.1. The van der Waals surface area contributed by atoms with Gasteiger partial charge in [0.05, 0.1) is 22.9 Å². The average Bonchev–Trinajstić information content (AvgIpc) is 3.36. The van der Waals surface area contributed by atoms with Crippen molar-refractivity contribution in [1.82, 2.24) is 24.8 Å². The van der Waals surface area contributed by atoms with Gasteiger partial charge >= 0.3 is 0 Å². The number of ether oxygens (including phenoxy) is 1. The minimum Gasteiger partial charge on any atom is -0.381 e. The summed E-state index contributed by atoms with van der Waals surface area (Å²) in [5, 5.41) is 10.5. The van der Waals surface area contributed by atoms with E-state index in [9.17, 15) is 10.1 Å². The highest BCUT2D eigenvalue weighted by molar-refractivity contribution is 5.98. The predicted molar refractivity (Wildman–Crippen MR) is 141 cm³/mol. The summed E-state index contributed by atoms with van der Waals surface area (Å²) < 4.78 is 5.43. The summed E-state index contributed by atoms with van der Waals surface area (Å²) in [5.41, 5.74) is 4.27. The molecule has 188 valence electrons. The van der Waals surface area contributed by atoms with E-state index in [2.05, 4.69) is 27.1 Å². The number of aromatic amines is 1. The topological polar surface area (TPSA) is 108 Å². The van der Waals surface area contributed by atoms with Gasteiger partial charge in [-0.15, -0.1) is 0 Å². The Morgan fingerprint density at radius 3 is 2.68 bits per heavy atom. The molecule has 1 aliphatic rings. The Hall–Kier alpha value is -4.09. The summed E-state index contributed by atoms with van der Waals surface area (Å²) in [7, 11) is 1.87. The minimum absolute atomic E-state index is 0.00464. The summed E-state index contributed by atoms with van der Waals surface area (Å²) in [5.74, 6) is 0.671. The second-order valence-electron chi connectivity index (χ2n) is 10.1. The number of hydrogen-bond acceptors (Lipinski definition) is 6. The van der Waals surface area contributed by atoms with Crippen LogP contribution in [0.2, 0.25) is 0 Å². The number of nitrogens with one attached hydrogen (secondary N) is 1. The zero-order valence-electron chi connectivity index (χ0n) is 21.4. The molecule has 0 bridgehead atoms. The number of amides is 1. The largest absolute Gasteiger partial charge is 0.381 e. The Bertz CT molecular complexity index is 1480. The van der Waals surface area contributed by atoms with Crippen molar-refractivity contribution in [3.05, 3.63) is 77.5 Å². The number of hydrogen-bond donors (Lipinski definition) is 1. The van der Waals surface area contributed by atoms with Crippen LogP contribution in [0.25, 0.3) is 22.3 Å². The Balaban J connectivity index is 1.35. The van der Waals surface area contributed by atoms with E-state index in [-0.39, 0.29) is 11.9 Å². The van der Waals surface area contributed by atoms with Gasteiger partial charge in [-0.3, -0.25) is 9.78 Å². The molecular weight excluding hydrogens is 464 g/mol. The molecule has 37 heavy (non-hydrogen) atoms. The molecule has 5 rings (SSSR count). The highest BCUT2D eigenvalue weighted by Gasteiger charge is 2.24. The molecule has 4 heterocycles. The second kappa shape index (κ2) is 10.1. The molecule has 0 radical (unpaired) electrons. The van der Waals surface area contributed by atoms with Crippen LogP contribution in [0.3, 0.4) is 0 Å². The average molecular weight is 495 g/mol. The number of fused-ring (bicyclic) bond motifs is 1. The van der Waals surface area contributed by atoms with Crippen molar-refractivity contribution in [2.24, 2.45) is 0 Å². The first-order valence-electron chi connectivity index (χ1n) is 12.5. The van der Waals surface area contributed by atoms with Crippen LogP contribution in [-0.4, -0.2) is 57.0 Å². The summed E-state index contributed by atoms with van der Waals surface area (Å²) in [4.78, 5) is 31.9. The quantitative estimate of drug-likeness (QED) is 0.418. The van der Waals surface area contributed by atoms with Crippen LogP contribution in [0.1, 0.15) is 54.1 Å². The molecule has 1 N–H and O–H groups in total. The molecule has 3 aromatic heterocycles. The van der Waals surface area contributed by atoms with E-state index in [1.807, 2.05) is 62.2 Å². The van der Waals surface area contributed by atoms with E-state index >= 15 is 0 Å². The molecule has 0 aliphatic carbocycles. The van der Waals surface area contributed by atoms with Gasteiger partial charge in [-0.2, -0.15) is 5.26 Å². The second-order valence-corrected chi connectivity index (χ2v) is 10.1. The maximum Gasteiger partial charge on any atom is 0.270 e. The fourth-order valence-electron chi connectivity index (χ4n) is 4.67.